The highest BCUT2D eigenvalue weighted by Gasteiger charge is 2.36. The first kappa shape index (κ1) is 19.9. The largest absolute Gasteiger partial charge is 0.493 e. The summed E-state index contributed by atoms with van der Waals surface area (Å²) in [6, 6.07) is 18.1. The highest BCUT2D eigenvalue weighted by Crippen LogP contribution is 2.42. The van der Waals surface area contributed by atoms with E-state index < -0.39 is 0 Å². The van der Waals surface area contributed by atoms with Crippen LogP contribution in [-0.2, 0) is 4.79 Å². The molecule has 0 aliphatic carbocycles. The fourth-order valence-electron chi connectivity index (χ4n) is 4.04. The van der Waals surface area contributed by atoms with Crippen molar-refractivity contribution in [3.63, 3.8) is 0 Å². The van der Waals surface area contributed by atoms with Crippen LogP contribution >= 0.6 is 0 Å². The maximum atomic E-state index is 13.6. The minimum absolute atomic E-state index is 0.340. The van der Waals surface area contributed by atoms with Crippen molar-refractivity contribution in [1.29, 1.82) is 0 Å². The summed E-state index contributed by atoms with van der Waals surface area (Å²) < 4.78 is 16.9. The molecule has 0 saturated heterocycles. The van der Waals surface area contributed by atoms with Crippen molar-refractivity contribution in [2.75, 3.05) is 25.2 Å². The molecule has 0 radical (unpaired) electrons. The van der Waals surface area contributed by atoms with Gasteiger partial charge in [-0.1, -0.05) is 30.3 Å². The molecule has 0 N–H and O–H groups in total. The van der Waals surface area contributed by atoms with E-state index in [-0.39, 0.29) is 11.8 Å². The predicted octanol–water partition coefficient (Wildman–Crippen LogP) is 4.50. The van der Waals surface area contributed by atoms with Crippen molar-refractivity contribution >= 4 is 29.2 Å². The molecule has 2 aliphatic rings. The number of carbonyl (C=O) groups excluding carboxylic acids is 2. The number of methoxy groups -OCH3 is 1. The number of ether oxygens (including phenoxy) is 3. The average Bonchev–Trinajstić information content (AvgIpc) is 2.81. The minimum Gasteiger partial charge on any atom is -0.493 e. The Balaban J connectivity index is 1.67. The zero-order valence-corrected chi connectivity index (χ0v) is 17.8. The van der Waals surface area contributed by atoms with Crippen LogP contribution in [-0.4, -0.2) is 32.1 Å². The average molecular weight is 427 g/mol. The lowest BCUT2D eigenvalue weighted by atomic mass is 9.91. The Labute approximate surface area is 185 Å². The summed E-state index contributed by atoms with van der Waals surface area (Å²) in [5, 5.41) is 0. The number of imide groups is 1. The number of nitrogens with zero attached hydrogens (tertiary/aromatic N) is 1. The van der Waals surface area contributed by atoms with Crippen LogP contribution in [0.2, 0.25) is 0 Å². The van der Waals surface area contributed by atoms with E-state index in [1.807, 2.05) is 37.3 Å². The molecule has 0 aromatic heterocycles. The Kier molecular flexibility index (Phi) is 4.90. The van der Waals surface area contributed by atoms with Crippen molar-refractivity contribution < 1.29 is 23.8 Å². The maximum absolute atomic E-state index is 13.6. The number of benzene rings is 3. The van der Waals surface area contributed by atoms with Crippen LogP contribution in [0.4, 0.5) is 5.69 Å². The van der Waals surface area contributed by atoms with Gasteiger partial charge in [0.15, 0.2) is 11.5 Å². The number of rotatable bonds is 3. The van der Waals surface area contributed by atoms with Crippen LogP contribution in [0.5, 0.6) is 17.2 Å². The topological polar surface area (TPSA) is 65.1 Å². The van der Waals surface area contributed by atoms with Gasteiger partial charge >= 0.3 is 0 Å². The van der Waals surface area contributed by atoms with Crippen molar-refractivity contribution in [2.24, 2.45) is 0 Å². The predicted molar refractivity (Wildman–Crippen MR) is 121 cm³/mol. The second kappa shape index (κ2) is 7.89. The van der Waals surface area contributed by atoms with Gasteiger partial charge < -0.3 is 14.2 Å². The summed E-state index contributed by atoms with van der Waals surface area (Å²) in [5.41, 5.74) is 3.71. The van der Waals surface area contributed by atoms with Crippen molar-refractivity contribution in [3.05, 3.63) is 82.9 Å². The molecule has 0 bridgehead atoms. The molecule has 0 fully saturated rings. The second-order valence-corrected chi connectivity index (χ2v) is 7.64. The number of hydrogen-bond donors (Lipinski definition) is 0. The third-order valence-electron chi connectivity index (χ3n) is 5.51. The number of amides is 2. The fraction of sp³-hybridized carbons (Fsp3) is 0.154. The Morgan fingerprint density at radius 3 is 2.47 bits per heavy atom. The summed E-state index contributed by atoms with van der Waals surface area (Å²) in [4.78, 5) is 28.1. The quantitative estimate of drug-likeness (QED) is 0.455. The van der Waals surface area contributed by atoms with Gasteiger partial charge in [-0.15, -0.1) is 0 Å². The molecule has 32 heavy (non-hydrogen) atoms. The van der Waals surface area contributed by atoms with E-state index in [1.165, 1.54) is 4.90 Å². The van der Waals surface area contributed by atoms with Crippen LogP contribution in [0, 0.1) is 6.92 Å². The summed E-state index contributed by atoms with van der Waals surface area (Å²) >= 11 is 0. The molecule has 6 heteroatoms. The summed E-state index contributed by atoms with van der Waals surface area (Å²) in [5.74, 6) is 0.914. The Hall–Kier alpha value is -4.06. The zero-order chi connectivity index (χ0) is 22.2. The first-order valence-electron chi connectivity index (χ1n) is 10.3. The lowest BCUT2D eigenvalue weighted by Crippen LogP contribution is -2.41. The summed E-state index contributed by atoms with van der Waals surface area (Å²) in [6.07, 6.45) is 1.76. The number of anilines is 1. The van der Waals surface area contributed by atoms with Gasteiger partial charge in [0.05, 0.1) is 12.8 Å². The first-order chi connectivity index (χ1) is 15.6. The van der Waals surface area contributed by atoms with Crippen LogP contribution in [0.15, 0.2) is 60.7 Å². The summed E-state index contributed by atoms with van der Waals surface area (Å²) in [6.45, 7) is 2.81. The van der Waals surface area contributed by atoms with Crippen molar-refractivity contribution in [1.82, 2.24) is 0 Å². The number of aryl methyl sites for hydroxylation is 1. The Morgan fingerprint density at radius 1 is 0.906 bits per heavy atom. The highest BCUT2D eigenvalue weighted by molar-refractivity contribution is 6.43. The Bertz CT molecular complexity index is 1260. The molecule has 3 aromatic rings. The van der Waals surface area contributed by atoms with Gasteiger partial charge in [0.1, 0.15) is 13.2 Å². The van der Waals surface area contributed by atoms with Gasteiger partial charge in [0, 0.05) is 11.1 Å². The monoisotopic (exact) mass is 427 g/mol. The van der Waals surface area contributed by atoms with Crippen molar-refractivity contribution in [3.8, 4) is 17.2 Å². The lowest BCUT2D eigenvalue weighted by molar-refractivity contribution is -0.112. The van der Waals surface area contributed by atoms with Crippen LogP contribution in [0.25, 0.3) is 11.6 Å². The maximum Gasteiger partial charge on any atom is 0.265 e. The van der Waals surface area contributed by atoms with Crippen LogP contribution in [0.1, 0.15) is 27.0 Å². The smallest absolute Gasteiger partial charge is 0.265 e. The van der Waals surface area contributed by atoms with E-state index in [0.717, 1.165) is 5.56 Å². The van der Waals surface area contributed by atoms with Crippen LogP contribution in [0.3, 0.4) is 0 Å². The molecule has 5 rings (SSSR count). The van der Waals surface area contributed by atoms with Crippen molar-refractivity contribution in [2.45, 2.75) is 6.92 Å². The normalized spacial score (nSPS) is 16.2. The second-order valence-electron chi connectivity index (χ2n) is 7.64. The van der Waals surface area contributed by atoms with E-state index in [4.69, 9.17) is 14.2 Å². The third-order valence-corrected chi connectivity index (χ3v) is 5.51. The molecular weight excluding hydrogens is 406 g/mol. The number of hydrogen-bond acceptors (Lipinski definition) is 5. The molecule has 3 aromatic carbocycles. The van der Waals surface area contributed by atoms with E-state index in [2.05, 4.69) is 0 Å². The molecule has 160 valence electrons. The SMILES string of the molecule is COc1cc(/C=C2/C(=O)N(c3cccc(C)c3)C(=O)c3ccccc32)cc2c1OCCO2. The number of carbonyl (C=O) groups is 2. The Morgan fingerprint density at radius 2 is 1.69 bits per heavy atom. The van der Waals surface area contributed by atoms with Gasteiger partial charge in [-0.2, -0.15) is 0 Å². The lowest BCUT2D eigenvalue weighted by Gasteiger charge is -2.29. The molecule has 2 amide bonds. The van der Waals surface area contributed by atoms with Gasteiger partial charge in [-0.3, -0.25) is 9.59 Å². The summed E-state index contributed by atoms with van der Waals surface area (Å²) in [7, 11) is 1.56. The zero-order valence-electron chi connectivity index (χ0n) is 17.8. The standard InChI is InChI=1S/C26H21NO5/c1-16-6-5-7-18(12-16)27-25(28)20-9-4-3-8-19(20)21(26(27)29)13-17-14-22(30-2)24-23(15-17)31-10-11-32-24/h3-9,12-15H,10-11H2,1-2H3/b21-13+. The number of fused-ring (bicyclic) bond motifs is 2. The molecule has 0 unspecified atom stereocenters. The van der Waals surface area contributed by atoms with E-state index in [9.17, 15) is 9.59 Å². The van der Waals surface area contributed by atoms with Crippen LogP contribution < -0.4 is 19.1 Å². The molecular formula is C26H21NO5. The minimum atomic E-state index is -0.381. The molecule has 2 heterocycles. The van der Waals surface area contributed by atoms with E-state index >= 15 is 0 Å². The molecule has 0 spiro atoms. The van der Waals surface area contributed by atoms with E-state index in [1.54, 1.807) is 43.5 Å². The van der Waals surface area contributed by atoms with Gasteiger partial charge in [-0.05, 0) is 60.0 Å². The van der Waals surface area contributed by atoms with Gasteiger partial charge in [0.25, 0.3) is 11.8 Å². The van der Waals surface area contributed by atoms with Gasteiger partial charge in [-0.25, -0.2) is 4.90 Å². The highest BCUT2D eigenvalue weighted by atomic mass is 16.6. The molecule has 0 atom stereocenters. The first-order valence-corrected chi connectivity index (χ1v) is 10.3. The molecule has 2 aliphatic heterocycles. The van der Waals surface area contributed by atoms with Gasteiger partial charge in [0.2, 0.25) is 5.75 Å². The molecule has 0 saturated carbocycles. The third kappa shape index (κ3) is 3.30. The molecule has 6 nitrogen and oxygen atoms in total. The fourth-order valence-corrected chi connectivity index (χ4v) is 4.04. The van der Waals surface area contributed by atoms with E-state index in [0.29, 0.717) is 58.4 Å².